The Morgan fingerprint density at radius 1 is 0.583 bits per heavy atom. The second-order valence-corrected chi connectivity index (χ2v) is 13.1. The van der Waals surface area contributed by atoms with Crippen LogP contribution < -0.4 is 5.32 Å². The molecule has 0 aromatic heterocycles. The number of nitrogens with one attached hydrogen (secondary N) is 1. The predicted octanol–water partition coefficient (Wildman–Crippen LogP) is 9.48. The second-order valence-electron chi connectivity index (χ2n) is 13.1. The first-order chi connectivity index (χ1) is 17.7. The van der Waals surface area contributed by atoms with E-state index >= 15 is 0 Å². The summed E-state index contributed by atoms with van der Waals surface area (Å²) in [4.78, 5) is 15.7. The van der Waals surface area contributed by atoms with Crippen molar-refractivity contribution in [1.82, 2.24) is 10.2 Å². The zero-order valence-corrected chi connectivity index (χ0v) is 24.4. The van der Waals surface area contributed by atoms with Gasteiger partial charge in [-0.3, -0.25) is 4.79 Å². The Labute approximate surface area is 225 Å². The molecule has 2 spiro atoms. The molecule has 0 bridgehead atoms. The lowest BCUT2D eigenvalue weighted by Crippen LogP contribution is -2.61. The fourth-order valence-corrected chi connectivity index (χ4v) is 7.60. The fraction of sp³-hybridized carbons (Fsp3) is 0.970. The van der Waals surface area contributed by atoms with Crippen LogP contribution in [-0.4, -0.2) is 35.0 Å². The van der Waals surface area contributed by atoms with Gasteiger partial charge in [0, 0.05) is 30.6 Å². The van der Waals surface area contributed by atoms with E-state index in [9.17, 15) is 4.79 Å². The molecule has 3 nitrogen and oxygen atoms in total. The van der Waals surface area contributed by atoms with Gasteiger partial charge in [-0.15, -0.1) is 0 Å². The lowest BCUT2D eigenvalue weighted by molar-refractivity contribution is -0.132. The Bertz CT molecular complexity index is 576. The molecule has 1 saturated heterocycles. The summed E-state index contributed by atoms with van der Waals surface area (Å²) in [7, 11) is 0. The summed E-state index contributed by atoms with van der Waals surface area (Å²) in [5.41, 5.74) is 0.312. The Balaban J connectivity index is 1.24. The molecule has 0 radical (unpaired) electrons. The van der Waals surface area contributed by atoms with Gasteiger partial charge in [0.1, 0.15) is 0 Å². The van der Waals surface area contributed by atoms with E-state index in [1.807, 2.05) is 0 Å². The van der Waals surface area contributed by atoms with Crippen LogP contribution >= 0.6 is 0 Å². The summed E-state index contributed by atoms with van der Waals surface area (Å²) in [6.45, 7) is 4.27. The molecule has 3 aliphatic rings. The van der Waals surface area contributed by atoms with Gasteiger partial charge in [-0.2, -0.15) is 0 Å². The van der Waals surface area contributed by atoms with Gasteiger partial charge in [-0.25, -0.2) is 0 Å². The topological polar surface area (TPSA) is 32.3 Å². The zero-order chi connectivity index (χ0) is 25.4. The van der Waals surface area contributed by atoms with Gasteiger partial charge in [0.25, 0.3) is 0 Å². The average molecular weight is 503 g/mol. The highest BCUT2D eigenvalue weighted by atomic mass is 16.2. The lowest BCUT2D eigenvalue weighted by Gasteiger charge is -2.47. The van der Waals surface area contributed by atoms with E-state index in [0.717, 1.165) is 19.5 Å². The molecule has 1 heterocycles. The Morgan fingerprint density at radius 2 is 1.00 bits per heavy atom. The molecule has 0 aromatic carbocycles. The van der Waals surface area contributed by atoms with E-state index in [4.69, 9.17) is 0 Å². The minimum Gasteiger partial charge on any atom is -0.341 e. The predicted molar refractivity (Wildman–Crippen MR) is 156 cm³/mol. The lowest BCUT2D eigenvalue weighted by atomic mass is 9.74. The first kappa shape index (κ1) is 30.0. The third-order valence-corrected chi connectivity index (χ3v) is 9.77. The van der Waals surface area contributed by atoms with Gasteiger partial charge < -0.3 is 10.2 Å². The number of hydrogen-bond donors (Lipinski definition) is 1. The van der Waals surface area contributed by atoms with E-state index in [-0.39, 0.29) is 11.1 Å². The summed E-state index contributed by atoms with van der Waals surface area (Å²) in [5, 5.41) is 4.20. The summed E-state index contributed by atoms with van der Waals surface area (Å²) in [6.07, 6.45) is 36.2. The first-order valence-corrected chi connectivity index (χ1v) is 16.7. The van der Waals surface area contributed by atoms with E-state index in [1.54, 1.807) is 0 Å². The smallest absolute Gasteiger partial charge is 0.224 e. The van der Waals surface area contributed by atoms with Crippen LogP contribution in [0.5, 0.6) is 0 Å². The van der Waals surface area contributed by atoms with E-state index in [2.05, 4.69) is 17.1 Å². The van der Waals surface area contributed by atoms with Crippen LogP contribution in [0.4, 0.5) is 0 Å². The number of amides is 1. The van der Waals surface area contributed by atoms with Crippen molar-refractivity contribution in [2.24, 2.45) is 0 Å². The van der Waals surface area contributed by atoms with Crippen LogP contribution in [0.15, 0.2) is 0 Å². The molecular weight excluding hydrogens is 440 g/mol. The standard InChI is InChI=1S/C33H62N2O/c1-2-3-4-5-6-7-8-9-10-11-12-13-14-15-16-23-28-35-30-33(26-21-18-22-27-33)34-32(29-31(35)36)24-19-17-20-25-32/h34H,2-30H2,1H3. The number of nitrogens with zero attached hydrogens (tertiary/aromatic N) is 1. The summed E-state index contributed by atoms with van der Waals surface area (Å²) < 4.78 is 0. The van der Waals surface area contributed by atoms with Crippen molar-refractivity contribution < 1.29 is 4.79 Å². The van der Waals surface area contributed by atoms with Gasteiger partial charge in [0.15, 0.2) is 0 Å². The van der Waals surface area contributed by atoms with E-state index in [1.165, 1.54) is 167 Å². The van der Waals surface area contributed by atoms with Gasteiger partial charge in [0.2, 0.25) is 5.91 Å². The molecule has 1 aliphatic heterocycles. The highest BCUT2D eigenvalue weighted by molar-refractivity contribution is 5.78. The van der Waals surface area contributed by atoms with Crippen LogP contribution in [0.2, 0.25) is 0 Å². The van der Waals surface area contributed by atoms with Gasteiger partial charge in [0.05, 0.1) is 0 Å². The third-order valence-electron chi connectivity index (χ3n) is 9.77. The fourth-order valence-electron chi connectivity index (χ4n) is 7.60. The number of carbonyl (C=O) groups is 1. The Kier molecular flexibility index (Phi) is 14.2. The summed E-state index contributed by atoms with van der Waals surface area (Å²) in [6, 6.07) is 0. The molecule has 2 saturated carbocycles. The Morgan fingerprint density at radius 3 is 1.47 bits per heavy atom. The molecule has 0 aromatic rings. The van der Waals surface area contributed by atoms with Crippen molar-refractivity contribution in [2.75, 3.05) is 13.1 Å². The first-order valence-electron chi connectivity index (χ1n) is 16.7. The summed E-state index contributed by atoms with van der Waals surface area (Å²) in [5.74, 6) is 0.452. The van der Waals surface area contributed by atoms with Crippen molar-refractivity contribution >= 4 is 5.91 Å². The Hall–Kier alpha value is -0.570. The monoisotopic (exact) mass is 502 g/mol. The van der Waals surface area contributed by atoms with Crippen molar-refractivity contribution in [3.05, 3.63) is 0 Å². The molecule has 1 N–H and O–H groups in total. The maximum atomic E-state index is 13.4. The minimum atomic E-state index is 0.107. The molecule has 1 amide bonds. The number of rotatable bonds is 17. The number of unbranched alkanes of at least 4 members (excludes halogenated alkanes) is 15. The van der Waals surface area contributed by atoms with Crippen LogP contribution in [0, 0.1) is 0 Å². The molecular formula is C33H62N2O. The number of hydrogen-bond acceptors (Lipinski definition) is 2. The van der Waals surface area contributed by atoms with E-state index in [0.29, 0.717) is 5.91 Å². The normalized spacial score (nSPS) is 21.8. The molecule has 3 rings (SSSR count). The largest absolute Gasteiger partial charge is 0.341 e. The molecule has 2 aliphatic carbocycles. The van der Waals surface area contributed by atoms with Crippen molar-refractivity contribution in [1.29, 1.82) is 0 Å². The minimum absolute atomic E-state index is 0.107. The molecule has 210 valence electrons. The maximum absolute atomic E-state index is 13.4. The highest BCUT2D eigenvalue weighted by Gasteiger charge is 2.47. The highest BCUT2D eigenvalue weighted by Crippen LogP contribution is 2.40. The van der Waals surface area contributed by atoms with Crippen LogP contribution in [0.25, 0.3) is 0 Å². The van der Waals surface area contributed by atoms with Gasteiger partial charge in [-0.05, 0) is 32.1 Å². The molecule has 36 heavy (non-hydrogen) atoms. The van der Waals surface area contributed by atoms with Crippen molar-refractivity contribution in [3.63, 3.8) is 0 Å². The zero-order valence-electron chi connectivity index (χ0n) is 24.4. The van der Waals surface area contributed by atoms with Gasteiger partial charge in [-0.1, -0.05) is 142 Å². The van der Waals surface area contributed by atoms with Crippen molar-refractivity contribution in [2.45, 2.75) is 191 Å². The van der Waals surface area contributed by atoms with Gasteiger partial charge >= 0.3 is 0 Å². The second kappa shape index (κ2) is 17.1. The van der Waals surface area contributed by atoms with Crippen LogP contribution in [0.3, 0.4) is 0 Å². The molecule has 0 atom stereocenters. The van der Waals surface area contributed by atoms with Crippen LogP contribution in [0.1, 0.15) is 180 Å². The summed E-state index contributed by atoms with van der Waals surface area (Å²) >= 11 is 0. The third kappa shape index (κ3) is 10.7. The molecule has 0 unspecified atom stereocenters. The average Bonchev–Trinajstić information content (AvgIpc) is 2.98. The van der Waals surface area contributed by atoms with Crippen LogP contribution in [-0.2, 0) is 4.79 Å². The van der Waals surface area contributed by atoms with E-state index < -0.39 is 0 Å². The van der Waals surface area contributed by atoms with Crippen molar-refractivity contribution in [3.8, 4) is 0 Å². The number of carbonyl (C=O) groups excluding carboxylic acids is 1. The maximum Gasteiger partial charge on any atom is 0.224 e. The molecule has 3 heteroatoms. The SMILES string of the molecule is CCCCCCCCCCCCCCCCCCN1CC2(CCCCC2)NC2(CCCCC2)CC1=O. The quantitative estimate of drug-likeness (QED) is 0.201. The molecule has 3 fully saturated rings.